The Labute approximate surface area is 361 Å². The summed E-state index contributed by atoms with van der Waals surface area (Å²) in [5, 5.41) is 0. The molecule has 0 aromatic carbocycles. The Bertz CT molecular complexity index is 1190. The third-order valence-corrected chi connectivity index (χ3v) is 10.5. The van der Waals surface area contributed by atoms with Crippen LogP contribution in [-0.2, 0) is 32.7 Å². The number of phosphoric acid groups is 1. The fourth-order valence-corrected chi connectivity index (χ4v) is 6.83. The molecular weight excluding hydrogens is 762 g/mol. The zero-order valence-electron chi connectivity index (χ0n) is 37.5. The second-order valence-electron chi connectivity index (χ2n) is 15.3. The average molecular weight is 848 g/mol. The second-order valence-corrected chi connectivity index (χ2v) is 16.7. The van der Waals surface area contributed by atoms with Gasteiger partial charge in [-0.25, -0.2) is 4.57 Å². The Morgan fingerprint density at radius 3 is 1.39 bits per heavy atom. The number of phosphoric ester groups is 1. The number of ether oxygens (including phenoxy) is 2. The Kier molecular flexibility index (Phi) is 43.0. The van der Waals surface area contributed by atoms with Crippen molar-refractivity contribution < 1.29 is 37.6 Å². The molecule has 0 aliphatic rings. The van der Waals surface area contributed by atoms with Gasteiger partial charge in [-0.15, -0.1) is 0 Å². The summed E-state index contributed by atoms with van der Waals surface area (Å²) >= 11 is 0. The molecule has 1 unspecified atom stereocenters. The van der Waals surface area contributed by atoms with Gasteiger partial charge in [0.1, 0.15) is 6.61 Å². The van der Waals surface area contributed by atoms with Crippen molar-refractivity contribution in [2.75, 3.05) is 26.4 Å². The first-order valence-corrected chi connectivity index (χ1v) is 24.9. The first-order valence-electron chi connectivity index (χ1n) is 23.4. The van der Waals surface area contributed by atoms with Gasteiger partial charge in [-0.05, 0) is 83.5 Å². The minimum Gasteiger partial charge on any atom is -0.462 e. The number of allylic oxidation sites excluding steroid dienone is 12. The van der Waals surface area contributed by atoms with E-state index in [1.807, 2.05) is 0 Å². The molecule has 0 saturated carbocycles. The van der Waals surface area contributed by atoms with Crippen LogP contribution in [0.5, 0.6) is 0 Å². The molecule has 0 fully saturated rings. The molecular formula is C49H86NO8P. The number of carbonyl (C=O) groups is 2. The van der Waals surface area contributed by atoms with E-state index < -0.39 is 32.5 Å². The van der Waals surface area contributed by atoms with Crippen molar-refractivity contribution >= 4 is 19.8 Å². The number of hydrogen-bond acceptors (Lipinski definition) is 8. The minimum absolute atomic E-state index is 0.0415. The molecule has 0 amide bonds. The van der Waals surface area contributed by atoms with Crippen molar-refractivity contribution in [1.82, 2.24) is 0 Å². The van der Waals surface area contributed by atoms with E-state index in [0.717, 1.165) is 57.8 Å². The molecule has 0 aliphatic carbocycles. The van der Waals surface area contributed by atoms with Crippen LogP contribution in [0.2, 0.25) is 0 Å². The van der Waals surface area contributed by atoms with Crippen LogP contribution in [0.25, 0.3) is 0 Å². The standard InChI is InChI=1S/C49H86NO8P/c1-3-5-7-9-11-13-15-17-19-21-22-23-24-26-27-29-31-33-35-37-39-41-48(51)55-45-47(46-57-59(53,54)56-44-43-50)58-49(52)42-40-38-36-34-32-30-28-25-20-18-16-14-12-10-8-6-4-2/h12,14,18-21,23-24,27,29,33,35,47H,3-11,13,15-17,22,25-26,28,30-32,34,36-46,50H2,1-2H3,(H,53,54)/b14-12+,20-18+,21-19+,24-23+,29-27+,35-33+/t47-/m1/s1. The van der Waals surface area contributed by atoms with Crippen LogP contribution in [0.15, 0.2) is 72.9 Å². The summed E-state index contributed by atoms with van der Waals surface area (Å²) in [6, 6.07) is 0. The number of carbonyl (C=O) groups excluding carboxylic acids is 2. The van der Waals surface area contributed by atoms with Crippen LogP contribution < -0.4 is 5.73 Å². The first kappa shape index (κ1) is 56.5. The Morgan fingerprint density at radius 1 is 0.508 bits per heavy atom. The van der Waals surface area contributed by atoms with E-state index in [1.165, 1.54) is 96.3 Å². The van der Waals surface area contributed by atoms with Gasteiger partial charge in [-0.3, -0.25) is 18.6 Å². The van der Waals surface area contributed by atoms with Crippen molar-refractivity contribution in [2.45, 2.75) is 200 Å². The second kappa shape index (κ2) is 45.0. The summed E-state index contributed by atoms with van der Waals surface area (Å²) < 4.78 is 32.8. The van der Waals surface area contributed by atoms with Crippen LogP contribution in [0.3, 0.4) is 0 Å². The van der Waals surface area contributed by atoms with Gasteiger partial charge in [0.25, 0.3) is 0 Å². The Balaban J connectivity index is 4.23. The summed E-state index contributed by atoms with van der Waals surface area (Å²) in [7, 11) is -4.40. The summed E-state index contributed by atoms with van der Waals surface area (Å²) in [5.41, 5.74) is 5.35. The maximum atomic E-state index is 12.6. The fraction of sp³-hybridized carbons (Fsp3) is 0.714. The quantitative estimate of drug-likeness (QED) is 0.0266. The Morgan fingerprint density at radius 2 is 0.898 bits per heavy atom. The van der Waals surface area contributed by atoms with Gasteiger partial charge in [0, 0.05) is 19.4 Å². The molecule has 0 aliphatic heterocycles. The van der Waals surface area contributed by atoms with Crippen molar-refractivity contribution in [2.24, 2.45) is 5.73 Å². The van der Waals surface area contributed by atoms with Crippen LogP contribution in [0, 0.1) is 0 Å². The van der Waals surface area contributed by atoms with Gasteiger partial charge in [0.15, 0.2) is 6.10 Å². The van der Waals surface area contributed by atoms with Crippen molar-refractivity contribution in [1.29, 1.82) is 0 Å². The molecule has 340 valence electrons. The molecule has 9 nitrogen and oxygen atoms in total. The molecule has 0 bridgehead atoms. The highest BCUT2D eigenvalue weighted by molar-refractivity contribution is 7.47. The van der Waals surface area contributed by atoms with E-state index in [9.17, 15) is 19.0 Å². The molecule has 0 saturated heterocycles. The monoisotopic (exact) mass is 848 g/mol. The van der Waals surface area contributed by atoms with Crippen LogP contribution >= 0.6 is 7.82 Å². The van der Waals surface area contributed by atoms with E-state index in [4.69, 9.17) is 24.3 Å². The molecule has 2 atom stereocenters. The summed E-state index contributed by atoms with van der Waals surface area (Å²) in [6.07, 6.45) is 55.1. The van der Waals surface area contributed by atoms with E-state index in [0.29, 0.717) is 12.8 Å². The number of hydrogen-bond donors (Lipinski definition) is 2. The maximum absolute atomic E-state index is 12.6. The zero-order valence-corrected chi connectivity index (χ0v) is 38.4. The minimum atomic E-state index is -4.40. The molecule has 0 rings (SSSR count). The average Bonchev–Trinajstić information content (AvgIpc) is 3.22. The van der Waals surface area contributed by atoms with E-state index in [1.54, 1.807) is 0 Å². The highest BCUT2D eigenvalue weighted by Crippen LogP contribution is 2.43. The third kappa shape index (κ3) is 44.8. The van der Waals surface area contributed by atoms with Crippen LogP contribution in [0.1, 0.15) is 194 Å². The summed E-state index contributed by atoms with van der Waals surface area (Å²) in [4.78, 5) is 34.9. The third-order valence-electron chi connectivity index (χ3n) is 9.56. The van der Waals surface area contributed by atoms with Gasteiger partial charge in [-0.2, -0.15) is 0 Å². The summed E-state index contributed by atoms with van der Waals surface area (Å²) in [6.45, 7) is 3.63. The van der Waals surface area contributed by atoms with Gasteiger partial charge >= 0.3 is 19.8 Å². The number of rotatable bonds is 43. The topological polar surface area (TPSA) is 134 Å². The molecule has 59 heavy (non-hydrogen) atoms. The lowest BCUT2D eigenvalue weighted by atomic mass is 10.1. The molecule has 3 N–H and O–H groups in total. The van der Waals surface area contributed by atoms with E-state index in [-0.39, 0.29) is 32.6 Å². The van der Waals surface area contributed by atoms with Crippen molar-refractivity contribution in [3.8, 4) is 0 Å². The summed E-state index contributed by atoms with van der Waals surface area (Å²) in [5.74, 6) is -0.906. The van der Waals surface area contributed by atoms with E-state index in [2.05, 4.69) is 86.8 Å². The predicted octanol–water partition coefficient (Wildman–Crippen LogP) is 13.8. The molecule has 0 heterocycles. The van der Waals surface area contributed by atoms with Gasteiger partial charge in [0.05, 0.1) is 13.2 Å². The van der Waals surface area contributed by atoms with Crippen molar-refractivity contribution in [3.63, 3.8) is 0 Å². The molecule has 0 aromatic heterocycles. The van der Waals surface area contributed by atoms with E-state index >= 15 is 0 Å². The smallest absolute Gasteiger partial charge is 0.462 e. The van der Waals surface area contributed by atoms with Gasteiger partial charge in [0.2, 0.25) is 0 Å². The fourth-order valence-electron chi connectivity index (χ4n) is 6.07. The van der Waals surface area contributed by atoms with Crippen LogP contribution in [0.4, 0.5) is 0 Å². The molecule has 0 spiro atoms. The number of nitrogens with two attached hydrogens (primary N) is 1. The highest BCUT2D eigenvalue weighted by atomic mass is 31.2. The molecule has 0 radical (unpaired) electrons. The lowest BCUT2D eigenvalue weighted by molar-refractivity contribution is -0.161. The lowest BCUT2D eigenvalue weighted by Gasteiger charge is -2.19. The van der Waals surface area contributed by atoms with Gasteiger partial charge < -0.3 is 20.1 Å². The first-order chi connectivity index (χ1) is 28.8. The largest absolute Gasteiger partial charge is 0.472 e. The number of unbranched alkanes of at least 4 members (excludes halogenated alkanes) is 18. The van der Waals surface area contributed by atoms with Gasteiger partial charge in [-0.1, -0.05) is 170 Å². The van der Waals surface area contributed by atoms with Crippen molar-refractivity contribution in [3.05, 3.63) is 72.9 Å². The Hall–Kier alpha value is -2.55. The highest BCUT2D eigenvalue weighted by Gasteiger charge is 2.26. The zero-order chi connectivity index (χ0) is 43.2. The normalized spacial score (nSPS) is 13.9. The maximum Gasteiger partial charge on any atom is 0.472 e. The molecule has 10 heteroatoms. The number of esters is 2. The molecule has 0 aromatic rings. The predicted molar refractivity (Wildman–Crippen MR) is 247 cm³/mol. The van der Waals surface area contributed by atoms with Crippen LogP contribution in [-0.4, -0.2) is 49.3 Å². The SMILES string of the molecule is CCCCC/C=C/C/C=C/CCCCCCCCCC(=O)O[C@H](COC(=O)CCC/C=C/C/C=C/C/C=C/C/C=C/CCCCCCCCC)COP(=O)(O)OCCN. The lowest BCUT2D eigenvalue weighted by Crippen LogP contribution is -2.29.